The SMILES string of the molecule is CN(c1ccc(Br)cn1)C(C)(C)CO. The van der Waals surface area contributed by atoms with E-state index in [0.29, 0.717) is 0 Å². The van der Waals surface area contributed by atoms with E-state index in [4.69, 9.17) is 0 Å². The van der Waals surface area contributed by atoms with Crippen molar-refractivity contribution < 1.29 is 5.11 Å². The molecule has 1 aromatic rings. The number of nitrogens with zero attached hydrogens (tertiary/aromatic N) is 2. The van der Waals surface area contributed by atoms with Crippen LogP contribution in [0.3, 0.4) is 0 Å². The Kier molecular flexibility index (Phi) is 3.50. The second-order valence-electron chi connectivity index (χ2n) is 3.86. The van der Waals surface area contributed by atoms with Gasteiger partial charge in [0.15, 0.2) is 0 Å². The highest BCUT2D eigenvalue weighted by Crippen LogP contribution is 2.20. The molecule has 0 fully saturated rings. The van der Waals surface area contributed by atoms with Gasteiger partial charge in [-0.05, 0) is 41.9 Å². The number of likely N-dealkylation sites (N-methyl/N-ethyl adjacent to an activating group) is 1. The molecular weight excluding hydrogens is 244 g/mol. The molecule has 1 aromatic heterocycles. The molecule has 0 aliphatic rings. The van der Waals surface area contributed by atoms with E-state index in [1.54, 1.807) is 6.20 Å². The smallest absolute Gasteiger partial charge is 0.128 e. The van der Waals surface area contributed by atoms with Crippen molar-refractivity contribution in [1.82, 2.24) is 4.98 Å². The number of anilines is 1. The van der Waals surface area contributed by atoms with Gasteiger partial charge < -0.3 is 10.0 Å². The van der Waals surface area contributed by atoms with Crippen molar-refractivity contribution in [1.29, 1.82) is 0 Å². The van der Waals surface area contributed by atoms with Gasteiger partial charge in [-0.2, -0.15) is 0 Å². The van der Waals surface area contributed by atoms with Crippen LogP contribution in [-0.4, -0.2) is 29.3 Å². The Balaban J connectivity index is 2.89. The molecule has 1 heterocycles. The highest BCUT2D eigenvalue weighted by Gasteiger charge is 2.23. The number of aromatic nitrogens is 1. The van der Waals surface area contributed by atoms with Gasteiger partial charge in [0, 0.05) is 17.7 Å². The number of aliphatic hydroxyl groups is 1. The van der Waals surface area contributed by atoms with Crippen molar-refractivity contribution in [3.8, 4) is 0 Å². The number of halogens is 1. The molecule has 0 atom stereocenters. The van der Waals surface area contributed by atoms with Crippen molar-refractivity contribution in [3.63, 3.8) is 0 Å². The standard InChI is InChI=1S/C10H15BrN2O/c1-10(2,7-14)13(3)9-5-4-8(11)6-12-9/h4-6,14H,7H2,1-3H3. The molecule has 0 bridgehead atoms. The summed E-state index contributed by atoms with van der Waals surface area (Å²) in [4.78, 5) is 6.22. The molecule has 1 N–H and O–H groups in total. The summed E-state index contributed by atoms with van der Waals surface area (Å²) in [5, 5.41) is 9.20. The van der Waals surface area contributed by atoms with Crippen LogP contribution in [0, 0.1) is 0 Å². The lowest BCUT2D eigenvalue weighted by molar-refractivity contribution is 0.215. The fourth-order valence-electron chi connectivity index (χ4n) is 0.983. The number of aliphatic hydroxyl groups excluding tert-OH is 1. The molecule has 1 rings (SSSR count). The Hall–Kier alpha value is -0.610. The molecule has 0 unspecified atom stereocenters. The summed E-state index contributed by atoms with van der Waals surface area (Å²) < 4.78 is 0.955. The Bertz CT molecular complexity index is 297. The van der Waals surface area contributed by atoms with Gasteiger partial charge in [0.25, 0.3) is 0 Å². The molecule has 14 heavy (non-hydrogen) atoms. The van der Waals surface area contributed by atoms with Gasteiger partial charge in [-0.1, -0.05) is 0 Å². The largest absolute Gasteiger partial charge is 0.394 e. The van der Waals surface area contributed by atoms with E-state index >= 15 is 0 Å². The first-order chi connectivity index (χ1) is 6.47. The topological polar surface area (TPSA) is 36.4 Å². The molecule has 0 spiro atoms. The summed E-state index contributed by atoms with van der Waals surface area (Å²) in [6.07, 6.45) is 1.75. The summed E-state index contributed by atoms with van der Waals surface area (Å²) in [6.45, 7) is 4.04. The Morgan fingerprint density at radius 2 is 2.14 bits per heavy atom. The van der Waals surface area contributed by atoms with Crippen LogP contribution in [0.5, 0.6) is 0 Å². The number of hydrogen-bond donors (Lipinski definition) is 1. The predicted octanol–water partition coefficient (Wildman–Crippen LogP) is 2.05. The zero-order valence-corrected chi connectivity index (χ0v) is 10.2. The normalized spacial score (nSPS) is 11.5. The average molecular weight is 259 g/mol. The molecule has 4 heteroatoms. The van der Waals surface area contributed by atoms with Gasteiger partial charge in [0.2, 0.25) is 0 Å². The molecule has 0 amide bonds. The van der Waals surface area contributed by atoms with Crippen LogP contribution in [0.1, 0.15) is 13.8 Å². The van der Waals surface area contributed by atoms with Crippen molar-refractivity contribution >= 4 is 21.7 Å². The van der Waals surface area contributed by atoms with E-state index in [9.17, 15) is 5.11 Å². The highest BCUT2D eigenvalue weighted by molar-refractivity contribution is 9.10. The lowest BCUT2D eigenvalue weighted by atomic mass is 10.1. The molecule has 0 aliphatic carbocycles. The molecule has 0 aromatic carbocycles. The zero-order chi connectivity index (χ0) is 10.8. The van der Waals surface area contributed by atoms with Crippen LogP contribution < -0.4 is 4.90 Å². The van der Waals surface area contributed by atoms with Crippen molar-refractivity contribution in [2.24, 2.45) is 0 Å². The minimum Gasteiger partial charge on any atom is -0.394 e. The lowest BCUT2D eigenvalue weighted by Gasteiger charge is -2.34. The summed E-state index contributed by atoms with van der Waals surface area (Å²) >= 11 is 3.33. The fourth-order valence-corrected chi connectivity index (χ4v) is 1.22. The van der Waals surface area contributed by atoms with Crippen LogP contribution >= 0.6 is 15.9 Å². The van der Waals surface area contributed by atoms with E-state index in [-0.39, 0.29) is 12.1 Å². The number of rotatable bonds is 3. The lowest BCUT2D eigenvalue weighted by Crippen LogP contribution is -2.44. The van der Waals surface area contributed by atoms with Crippen LogP contribution in [-0.2, 0) is 0 Å². The van der Waals surface area contributed by atoms with Crippen LogP contribution in [0.15, 0.2) is 22.8 Å². The maximum absolute atomic E-state index is 9.20. The monoisotopic (exact) mass is 258 g/mol. The molecule has 0 aliphatic heterocycles. The van der Waals surface area contributed by atoms with Gasteiger partial charge >= 0.3 is 0 Å². The van der Waals surface area contributed by atoms with Crippen LogP contribution in [0.2, 0.25) is 0 Å². The third-order valence-corrected chi connectivity index (χ3v) is 2.82. The van der Waals surface area contributed by atoms with Gasteiger partial charge in [0.05, 0.1) is 12.1 Å². The van der Waals surface area contributed by atoms with E-state index in [1.165, 1.54) is 0 Å². The van der Waals surface area contributed by atoms with Gasteiger partial charge in [-0.15, -0.1) is 0 Å². The second-order valence-corrected chi connectivity index (χ2v) is 4.78. The van der Waals surface area contributed by atoms with E-state index < -0.39 is 0 Å². The van der Waals surface area contributed by atoms with Gasteiger partial charge in [-0.25, -0.2) is 4.98 Å². The maximum Gasteiger partial charge on any atom is 0.128 e. The zero-order valence-electron chi connectivity index (χ0n) is 8.66. The molecule has 0 saturated carbocycles. The summed E-state index contributed by atoms with van der Waals surface area (Å²) in [7, 11) is 1.92. The Morgan fingerprint density at radius 1 is 1.50 bits per heavy atom. The van der Waals surface area contributed by atoms with E-state index in [1.807, 2.05) is 37.9 Å². The van der Waals surface area contributed by atoms with Gasteiger partial charge in [-0.3, -0.25) is 0 Å². The van der Waals surface area contributed by atoms with Crippen LogP contribution in [0.25, 0.3) is 0 Å². The first kappa shape index (κ1) is 11.5. The third kappa shape index (κ3) is 2.45. The maximum atomic E-state index is 9.20. The fraction of sp³-hybridized carbons (Fsp3) is 0.500. The molecule has 3 nitrogen and oxygen atoms in total. The van der Waals surface area contributed by atoms with Crippen LogP contribution in [0.4, 0.5) is 5.82 Å². The first-order valence-electron chi connectivity index (χ1n) is 4.43. The Labute approximate surface area is 92.9 Å². The summed E-state index contributed by atoms with van der Waals surface area (Å²) in [6, 6.07) is 3.85. The minimum atomic E-state index is -0.291. The van der Waals surface area contributed by atoms with Crippen molar-refractivity contribution in [2.75, 3.05) is 18.6 Å². The van der Waals surface area contributed by atoms with E-state index in [0.717, 1.165) is 10.3 Å². The average Bonchev–Trinajstić information content (AvgIpc) is 2.18. The summed E-state index contributed by atoms with van der Waals surface area (Å²) in [5.74, 6) is 0.854. The second kappa shape index (κ2) is 4.28. The first-order valence-corrected chi connectivity index (χ1v) is 5.23. The molecule has 0 radical (unpaired) electrons. The summed E-state index contributed by atoms with van der Waals surface area (Å²) in [5.41, 5.74) is -0.291. The quantitative estimate of drug-likeness (QED) is 0.902. The molecular formula is C10H15BrN2O. The third-order valence-electron chi connectivity index (χ3n) is 2.35. The molecule has 0 saturated heterocycles. The highest BCUT2D eigenvalue weighted by atomic mass is 79.9. The van der Waals surface area contributed by atoms with Crippen molar-refractivity contribution in [2.45, 2.75) is 19.4 Å². The molecule has 78 valence electrons. The predicted molar refractivity (Wildman–Crippen MR) is 61.5 cm³/mol. The van der Waals surface area contributed by atoms with Gasteiger partial charge in [0.1, 0.15) is 5.82 Å². The Morgan fingerprint density at radius 3 is 2.57 bits per heavy atom. The van der Waals surface area contributed by atoms with Crippen molar-refractivity contribution in [3.05, 3.63) is 22.8 Å². The minimum absolute atomic E-state index is 0.0985. The van der Waals surface area contributed by atoms with E-state index in [2.05, 4.69) is 20.9 Å². The number of pyridine rings is 1. The number of hydrogen-bond acceptors (Lipinski definition) is 3.